The number of aromatic amines is 1. The number of fused-ring (bicyclic) bond motifs is 1. The molecule has 1 aliphatic heterocycles. The summed E-state index contributed by atoms with van der Waals surface area (Å²) in [6.45, 7) is 3.17. The predicted molar refractivity (Wildman–Crippen MR) is 124 cm³/mol. The molecule has 184 valence electrons. The molecular weight excluding hydrogens is 461 g/mol. The quantitative estimate of drug-likeness (QED) is 0.576. The molecule has 11 heteroatoms. The number of benzene rings is 1. The van der Waals surface area contributed by atoms with Crippen LogP contribution in [0.25, 0.3) is 11.0 Å². The van der Waals surface area contributed by atoms with Gasteiger partial charge in [0.2, 0.25) is 5.92 Å². The maximum atomic E-state index is 15.2. The van der Waals surface area contributed by atoms with Crippen LogP contribution >= 0.6 is 0 Å². The van der Waals surface area contributed by atoms with E-state index in [2.05, 4.69) is 30.1 Å². The van der Waals surface area contributed by atoms with Gasteiger partial charge in [-0.15, -0.1) is 0 Å². The summed E-state index contributed by atoms with van der Waals surface area (Å²) >= 11 is 0. The standard InChI is InChI=1S/C24H25F3N6O2/c1-28-22(34)18-5-3-16(12-29-18)33-8-6-32(7-9-33)13-14-2-4-17-21(19(14)25)31-23(35)20(30-17)15-10-24(26,27)11-15/h2-5,12,15H,6-11,13H2,1H3,(H,28,34)(H,31,35). The zero-order valence-corrected chi connectivity index (χ0v) is 19.2. The van der Waals surface area contributed by atoms with Crippen molar-refractivity contribution in [2.75, 3.05) is 38.1 Å². The van der Waals surface area contributed by atoms with E-state index in [0.717, 1.165) is 5.69 Å². The summed E-state index contributed by atoms with van der Waals surface area (Å²) in [6.07, 6.45) is 0.858. The number of amides is 1. The van der Waals surface area contributed by atoms with Crippen molar-refractivity contribution >= 4 is 22.6 Å². The zero-order valence-electron chi connectivity index (χ0n) is 19.2. The number of aromatic nitrogens is 3. The molecule has 0 atom stereocenters. The number of halogens is 3. The van der Waals surface area contributed by atoms with Crippen LogP contribution in [0.3, 0.4) is 0 Å². The number of nitrogens with one attached hydrogen (secondary N) is 2. The highest BCUT2D eigenvalue weighted by Crippen LogP contribution is 2.47. The summed E-state index contributed by atoms with van der Waals surface area (Å²) in [5.74, 6) is -4.16. The summed E-state index contributed by atoms with van der Waals surface area (Å²) in [5.41, 5.74) is 1.40. The molecule has 0 unspecified atom stereocenters. The molecule has 1 aromatic carbocycles. The summed E-state index contributed by atoms with van der Waals surface area (Å²) < 4.78 is 41.6. The Bertz CT molecular complexity index is 1310. The molecule has 3 heterocycles. The number of anilines is 1. The molecule has 1 aliphatic carbocycles. The van der Waals surface area contributed by atoms with Crippen molar-refractivity contribution in [1.82, 2.24) is 25.2 Å². The van der Waals surface area contributed by atoms with Crippen molar-refractivity contribution in [2.24, 2.45) is 0 Å². The Balaban J connectivity index is 1.25. The van der Waals surface area contributed by atoms with Crippen molar-refractivity contribution in [2.45, 2.75) is 31.2 Å². The maximum absolute atomic E-state index is 15.2. The summed E-state index contributed by atoms with van der Waals surface area (Å²) in [5, 5.41) is 2.54. The Morgan fingerprint density at radius 1 is 1.17 bits per heavy atom. The van der Waals surface area contributed by atoms with Crippen LogP contribution in [0, 0.1) is 5.82 Å². The van der Waals surface area contributed by atoms with E-state index in [-0.39, 0.29) is 22.6 Å². The van der Waals surface area contributed by atoms with Crippen LogP contribution in [0.2, 0.25) is 0 Å². The number of rotatable bonds is 5. The van der Waals surface area contributed by atoms with Gasteiger partial charge in [-0.3, -0.25) is 14.5 Å². The lowest BCUT2D eigenvalue weighted by Crippen LogP contribution is -2.46. The van der Waals surface area contributed by atoms with Crippen LogP contribution in [0.5, 0.6) is 0 Å². The van der Waals surface area contributed by atoms with E-state index in [1.807, 2.05) is 6.07 Å². The maximum Gasteiger partial charge on any atom is 0.270 e. The molecule has 1 saturated heterocycles. The third kappa shape index (κ3) is 4.60. The van der Waals surface area contributed by atoms with Gasteiger partial charge in [0.1, 0.15) is 16.9 Å². The number of pyridine rings is 1. The minimum atomic E-state index is -2.77. The second kappa shape index (κ2) is 8.95. The molecule has 0 radical (unpaired) electrons. The molecule has 0 bridgehead atoms. The second-order valence-corrected chi connectivity index (χ2v) is 9.09. The van der Waals surface area contributed by atoms with Crippen LogP contribution in [0.4, 0.5) is 18.9 Å². The van der Waals surface area contributed by atoms with Crippen LogP contribution < -0.4 is 15.8 Å². The zero-order chi connectivity index (χ0) is 24.7. The highest BCUT2D eigenvalue weighted by Gasteiger charge is 2.47. The van der Waals surface area contributed by atoms with E-state index < -0.39 is 36.1 Å². The Kier molecular flexibility index (Phi) is 5.96. The van der Waals surface area contributed by atoms with E-state index in [9.17, 15) is 18.4 Å². The van der Waals surface area contributed by atoms with Gasteiger partial charge < -0.3 is 15.2 Å². The van der Waals surface area contributed by atoms with Crippen LogP contribution in [0.15, 0.2) is 35.3 Å². The lowest BCUT2D eigenvalue weighted by Gasteiger charge is -2.36. The minimum Gasteiger partial charge on any atom is -0.368 e. The largest absolute Gasteiger partial charge is 0.368 e. The summed E-state index contributed by atoms with van der Waals surface area (Å²) in [6, 6.07) is 6.80. The molecule has 8 nitrogen and oxygen atoms in total. The van der Waals surface area contributed by atoms with Gasteiger partial charge in [-0.05, 0) is 18.2 Å². The lowest BCUT2D eigenvalue weighted by molar-refractivity contribution is -0.0878. The van der Waals surface area contributed by atoms with Crippen LogP contribution in [-0.2, 0) is 6.54 Å². The molecule has 1 saturated carbocycles. The fourth-order valence-corrected chi connectivity index (χ4v) is 4.67. The second-order valence-electron chi connectivity index (χ2n) is 9.09. The lowest BCUT2D eigenvalue weighted by atomic mass is 9.79. The van der Waals surface area contributed by atoms with Gasteiger partial charge in [-0.2, -0.15) is 0 Å². The number of nitrogens with zero attached hydrogens (tertiary/aromatic N) is 4. The van der Waals surface area contributed by atoms with Gasteiger partial charge in [0.15, 0.2) is 5.82 Å². The molecular formula is C24H25F3N6O2. The molecule has 2 N–H and O–H groups in total. The average molecular weight is 486 g/mol. The van der Waals surface area contributed by atoms with Crippen molar-refractivity contribution in [3.05, 3.63) is 63.6 Å². The third-order valence-electron chi connectivity index (χ3n) is 6.73. The number of carbonyl (C=O) groups is 1. The van der Waals surface area contributed by atoms with Crippen molar-refractivity contribution in [3.8, 4) is 0 Å². The molecule has 35 heavy (non-hydrogen) atoms. The number of carbonyl (C=O) groups excluding carboxylic acids is 1. The molecule has 0 spiro atoms. The number of alkyl halides is 2. The van der Waals surface area contributed by atoms with Gasteiger partial charge in [-0.25, -0.2) is 23.1 Å². The number of H-pyrrole nitrogens is 1. The Morgan fingerprint density at radius 2 is 1.91 bits per heavy atom. The SMILES string of the molecule is CNC(=O)c1ccc(N2CCN(Cc3ccc4nc(C5CC(F)(F)C5)c(=O)[nH]c4c3F)CC2)cn1. The Hall–Kier alpha value is -3.47. The summed E-state index contributed by atoms with van der Waals surface area (Å²) in [4.78, 5) is 39.3. The summed E-state index contributed by atoms with van der Waals surface area (Å²) in [7, 11) is 1.56. The molecule has 2 fully saturated rings. The number of piperazine rings is 1. The Labute approximate surface area is 199 Å². The molecule has 2 aromatic heterocycles. The van der Waals surface area contributed by atoms with Crippen LogP contribution in [0.1, 0.15) is 40.5 Å². The molecule has 5 rings (SSSR count). The van der Waals surface area contributed by atoms with Gasteiger partial charge in [0.05, 0.1) is 17.4 Å². The van der Waals surface area contributed by atoms with Gasteiger partial charge >= 0.3 is 0 Å². The Morgan fingerprint density at radius 3 is 2.54 bits per heavy atom. The van der Waals surface area contributed by atoms with E-state index in [1.54, 1.807) is 31.4 Å². The molecule has 3 aromatic rings. The van der Waals surface area contributed by atoms with Gasteiger partial charge in [-0.1, -0.05) is 6.07 Å². The third-order valence-corrected chi connectivity index (χ3v) is 6.73. The first kappa shape index (κ1) is 23.3. The monoisotopic (exact) mass is 486 g/mol. The number of hydrogen-bond donors (Lipinski definition) is 2. The van der Waals surface area contributed by atoms with Crippen molar-refractivity contribution in [3.63, 3.8) is 0 Å². The highest BCUT2D eigenvalue weighted by atomic mass is 19.3. The first-order chi connectivity index (χ1) is 16.7. The van der Waals surface area contributed by atoms with E-state index in [1.165, 1.54) is 0 Å². The van der Waals surface area contributed by atoms with Crippen LogP contribution in [-0.4, -0.2) is 64.9 Å². The van der Waals surface area contributed by atoms with Gasteiger partial charge in [0, 0.05) is 64.1 Å². The number of hydrogen-bond acceptors (Lipinski definition) is 6. The van der Waals surface area contributed by atoms with Gasteiger partial charge in [0.25, 0.3) is 11.5 Å². The predicted octanol–water partition coefficient (Wildman–Crippen LogP) is 2.65. The fourth-order valence-electron chi connectivity index (χ4n) is 4.67. The average Bonchev–Trinajstić information content (AvgIpc) is 2.84. The normalized spacial score (nSPS) is 18.5. The first-order valence-electron chi connectivity index (χ1n) is 11.5. The van der Waals surface area contributed by atoms with Crippen molar-refractivity contribution in [1.29, 1.82) is 0 Å². The first-order valence-corrected chi connectivity index (χ1v) is 11.5. The van der Waals surface area contributed by atoms with E-state index >= 15 is 4.39 Å². The molecule has 2 aliphatic rings. The van der Waals surface area contributed by atoms with E-state index in [4.69, 9.17) is 0 Å². The highest BCUT2D eigenvalue weighted by molar-refractivity contribution is 5.92. The van der Waals surface area contributed by atoms with E-state index in [0.29, 0.717) is 44.0 Å². The topological polar surface area (TPSA) is 94.2 Å². The van der Waals surface area contributed by atoms with Crippen molar-refractivity contribution < 1.29 is 18.0 Å². The smallest absolute Gasteiger partial charge is 0.270 e. The fraction of sp³-hybridized carbons (Fsp3) is 0.417. The molecule has 1 amide bonds. The minimum absolute atomic E-state index is 0.00301.